The second-order valence-corrected chi connectivity index (χ2v) is 6.62. The monoisotopic (exact) mass is 358 g/mol. The van der Waals surface area contributed by atoms with E-state index in [4.69, 9.17) is 17.3 Å². The molecule has 0 atom stereocenters. The molecule has 2 aromatic carbocycles. The van der Waals surface area contributed by atoms with Gasteiger partial charge in [0.25, 0.3) is 0 Å². The van der Waals surface area contributed by atoms with Gasteiger partial charge in [-0.3, -0.25) is 9.36 Å². The van der Waals surface area contributed by atoms with Gasteiger partial charge in [-0.2, -0.15) is 0 Å². The number of halogens is 1. The minimum atomic E-state index is -0.400. The van der Waals surface area contributed by atoms with Crippen molar-refractivity contribution in [2.75, 3.05) is 5.75 Å². The fourth-order valence-corrected chi connectivity index (χ4v) is 3.11. The maximum absolute atomic E-state index is 11.1. The van der Waals surface area contributed by atoms with Gasteiger partial charge in [-0.1, -0.05) is 47.1 Å². The molecule has 0 bridgehead atoms. The summed E-state index contributed by atoms with van der Waals surface area (Å²) in [5.74, 6) is 0.440. The van der Waals surface area contributed by atoms with E-state index in [0.29, 0.717) is 16.0 Å². The van der Waals surface area contributed by atoms with Crippen LogP contribution in [0.3, 0.4) is 0 Å². The van der Waals surface area contributed by atoms with E-state index < -0.39 is 5.91 Å². The van der Waals surface area contributed by atoms with E-state index in [1.807, 2.05) is 47.9 Å². The number of aromatic nitrogens is 3. The van der Waals surface area contributed by atoms with Crippen LogP contribution >= 0.6 is 23.4 Å². The Morgan fingerprint density at radius 3 is 2.62 bits per heavy atom. The highest BCUT2D eigenvalue weighted by Crippen LogP contribution is 2.28. The number of nitrogens with two attached hydrogens (primary N) is 1. The van der Waals surface area contributed by atoms with Crippen LogP contribution in [-0.2, 0) is 4.79 Å². The van der Waals surface area contributed by atoms with E-state index in [-0.39, 0.29) is 5.75 Å². The first-order valence-corrected chi connectivity index (χ1v) is 8.60. The molecule has 1 heterocycles. The Bertz CT molecular complexity index is 877. The third kappa shape index (κ3) is 3.60. The predicted molar refractivity (Wildman–Crippen MR) is 96.5 cm³/mol. The number of thioether (sulfide) groups is 1. The standard InChI is InChI=1S/C17H15ClN4OS/c1-11-3-2-4-12(9-11)16-20-21-17(24-10-15(19)23)22(16)14-7-5-13(18)6-8-14/h2-9H,10H2,1H3,(H2,19,23). The SMILES string of the molecule is Cc1cccc(-c2nnc(SCC(N)=O)n2-c2ccc(Cl)cc2)c1. The van der Waals surface area contributed by atoms with E-state index >= 15 is 0 Å². The Kier molecular flexibility index (Phi) is 4.87. The minimum absolute atomic E-state index is 0.138. The second-order valence-electron chi connectivity index (χ2n) is 5.24. The number of nitrogens with zero attached hydrogens (tertiary/aromatic N) is 3. The summed E-state index contributed by atoms with van der Waals surface area (Å²) in [5.41, 5.74) is 8.20. The van der Waals surface area contributed by atoms with E-state index in [0.717, 1.165) is 16.8 Å². The van der Waals surface area contributed by atoms with Crippen LogP contribution < -0.4 is 5.73 Å². The van der Waals surface area contributed by atoms with Crippen LogP contribution in [0.2, 0.25) is 5.02 Å². The van der Waals surface area contributed by atoms with Crippen molar-refractivity contribution in [3.8, 4) is 17.1 Å². The topological polar surface area (TPSA) is 73.8 Å². The van der Waals surface area contributed by atoms with Crippen molar-refractivity contribution >= 4 is 29.3 Å². The van der Waals surface area contributed by atoms with E-state index in [9.17, 15) is 4.79 Å². The van der Waals surface area contributed by atoms with Gasteiger partial charge in [0.2, 0.25) is 5.91 Å². The normalized spacial score (nSPS) is 10.8. The van der Waals surface area contributed by atoms with Crippen LogP contribution in [0.25, 0.3) is 17.1 Å². The highest BCUT2D eigenvalue weighted by atomic mass is 35.5. The molecule has 0 aliphatic rings. The lowest BCUT2D eigenvalue weighted by Gasteiger charge is -2.10. The molecule has 0 spiro atoms. The van der Waals surface area contributed by atoms with Gasteiger partial charge in [0.15, 0.2) is 11.0 Å². The zero-order valence-corrected chi connectivity index (χ0v) is 14.5. The molecule has 2 N–H and O–H groups in total. The number of primary amides is 1. The molecule has 0 unspecified atom stereocenters. The lowest BCUT2D eigenvalue weighted by atomic mass is 10.1. The van der Waals surface area contributed by atoms with Crippen molar-refractivity contribution in [1.82, 2.24) is 14.8 Å². The third-order valence-electron chi connectivity index (χ3n) is 3.34. The highest BCUT2D eigenvalue weighted by molar-refractivity contribution is 7.99. The predicted octanol–water partition coefficient (Wildman–Crippen LogP) is 3.47. The van der Waals surface area contributed by atoms with Gasteiger partial charge in [0.05, 0.1) is 5.75 Å². The van der Waals surface area contributed by atoms with Gasteiger partial charge in [0.1, 0.15) is 0 Å². The molecule has 122 valence electrons. The zero-order valence-electron chi connectivity index (χ0n) is 12.9. The number of rotatable bonds is 5. The molecule has 1 aromatic heterocycles. The van der Waals surface area contributed by atoms with Crippen molar-refractivity contribution in [1.29, 1.82) is 0 Å². The smallest absolute Gasteiger partial charge is 0.227 e. The summed E-state index contributed by atoms with van der Waals surface area (Å²) in [6.45, 7) is 2.02. The van der Waals surface area contributed by atoms with Crippen molar-refractivity contribution in [2.45, 2.75) is 12.1 Å². The summed E-state index contributed by atoms with van der Waals surface area (Å²) in [6, 6.07) is 15.4. The minimum Gasteiger partial charge on any atom is -0.369 e. The molecule has 7 heteroatoms. The quantitative estimate of drug-likeness (QED) is 0.709. The fourth-order valence-electron chi connectivity index (χ4n) is 2.29. The van der Waals surface area contributed by atoms with Crippen LogP contribution in [0, 0.1) is 6.92 Å². The van der Waals surface area contributed by atoms with Gasteiger partial charge >= 0.3 is 0 Å². The van der Waals surface area contributed by atoms with Crippen LogP contribution in [0.1, 0.15) is 5.56 Å². The van der Waals surface area contributed by atoms with Crippen LogP contribution in [0.15, 0.2) is 53.7 Å². The van der Waals surface area contributed by atoms with Gasteiger partial charge in [-0.25, -0.2) is 0 Å². The zero-order chi connectivity index (χ0) is 17.1. The number of aryl methyl sites for hydroxylation is 1. The second kappa shape index (κ2) is 7.07. The summed E-state index contributed by atoms with van der Waals surface area (Å²) >= 11 is 7.24. The number of hydrogen-bond donors (Lipinski definition) is 1. The Balaban J connectivity index is 2.12. The molecule has 0 saturated carbocycles. The van der Waals surface area contributed by atoms with E-state index in [2.05, 4.69) is 10.2 Å². The molecule has 5 nitrogen and oxygen atoms in total. The maximum atomic E-state index is 11.1. The molecule has 1 amide bonds. The first kappa shape index (κ1) is 16.5. The van der Waals surface area contributed by atoms with Gasteiger partial charge in [0, 0.05) is 16.3 Å². The first-order valence-electron chi connectivity index (χ1n) is 7.24. The number of carbonyl (C=O) groups excluding carboxylic acids is 1. The van der Waals surface area contributed by atoms with Gasteiger partial charge in [-0.05, 0) is 37.3 Å². The molecule has 0 radical (unpaired) electrons. The molecular formula is C17H15ClN4OS. The summed E-state index contributed by atoms with van der Waals surface area (Å²) in [4.78, 5) is 11.1. The number of benzene rings is 2. The molecular weight excluding hydrogens is 344 g/mol. The Labute approximate surface area is 148 Å². The lowest BCUT2D eigenvalue weighted by Crippen LogP contribution is -2.13. The number of hydrogen-bond acceptors (Lipinski definition) is 4. The molecule has 0 aliphatic carbocycles. The van der Waals surface area contributed by atoms with Gasteiger partial charge < -0.3 is 5.73 Å². The molecule has 0 aliphatic heterocycles. The summed E-state index contributed by atoms with van der Waals surface area (Å²) in [5, 5.41) is 9.79. The van der Waals surface area contributed by atoms with Crippen LogP contribution in [0.5, 0.6) is 0 Å². The summed E-state index contributed by atoms with van der Waals surface area (Å²) in [6.07, 6.45) is 0. The van der Waals surface area contributed by atoms with Crippen molar-refractivity contribution < 1.29 is 4.79 Å². The van der Waals surface area contributed by atoms with Gasteiger partial charge in [-0.15, -0.1) is 10.2 Å². The average molecular weight is 359 g/mol. The summed E-state index contributed by atoms with van der Waals surface area (Å²) in [7, 11) is 0. The molecule has 3 aromatic rings. The average Bonchev–Trinajstić information content (AvgIpc) is 2.97. The fraction of sp³-hybridized carbons (Fsp3) is 0.118. The number of carbonyl (C=O) groups is 1. The molecule has 3 rings (SSSR count). The third-order valence-corrected chi connectivity index (χ3v) is 4.54. The first-order chi connectivity index (χ1) is 11.5. The maximum Gasteiger partial charge on any atom is 0.227 e. The molecule has 0 saturated heterocycles. The largest absolute Gasteiger partial charge is 0.369 e. The molecule has 0 fully saturated rings. The molecule has 24 heavy (non-hydrogen) atoms. The van der Waals surface area contributed by atoms with Crippen molar-refractivity contribution in [3.63, 3.8) is 0 Å². The van der Waals surface area contributed by atoms with E-state index in [1.165, 1.54) is 11.8 Å². The van der Waals surface area contributed by atoms with Crippen molar-refractivity contribution in [2.24, 2.45) is 5.73 Å². The Morgan fingerprint density at radius 1 is 1.21 bits per heavy atom. The Morgan fingerprint density at radius 2 is 1.96 bits per heavy atom. The lowest BCUT2D eigenvalue weighted by molar-refractivity contribution is -0.115. The summed E-state index contributed by atoms with van der Waals surface area (Å²) < 4.78 is 1.90. The van der Waals surface area contributed by atoms with Crippen LogP contribution in [-0.4, -0.2) is 26.4 Å². The number of amides is 1. The van der Waals surface area contributed by atoms with Crippen LogP contribution in [0.4, 0.5) is 0 Å². The van der Waals surface area contributed by atoms with Crippen molar-refractivity contribution in [3.05, 3.63) is 59.1 Å². The Hall–Kier alpha value is -2.31. The van der Waals surface area contributed by atoms with E-state index in [1.54, 1.807) is 12.1 Å². The highest BCUT2D eigenvalue weighted by Gasteiger charge is 2.16.